The predicted octanol–water partition coefficient (Wildman–Crippen LogP) is 10.1. The second-order valence-corrected chi connectivity index (χ2v) is 10.9. The van der Waals surface area contributed by atoms with E-state index in [1.54, 1.807) is 0 Å². The van der Waals surface area contributed by atoms with E-state index >= 15 is 0 Å². The first-order chi connectivity index (χ1) is 18.2. The number of carbonyl (C=O) groups excluding carboxylic acids is 1. The minimum Gasteiger partial charge on any atom is -0.326 e. The lowest BCUT2D eigenvalue weighted by atomic mass is 10.0. The molecule has 4 nitrogen and oxygen atoms in total. The van der Waals surface area contributed by atoms with Crippen LogP contribution in [-0.2, 0) is 17.6 Å². The van der Waals surface area contributed by atoms with Gasteiger partial charge in [0.2, 0.25) is 5.91 Å². The summed E-state index contributed by atoms with van der Waals surface area (Å²) < 4.78 is 0. The van der Waals surface area contributed by atoms with Gasteiger partial charge in [0.15, 0.2) is 0 Å². The number of amides is 1. The number of carbonyl (C=O) groups is 1. The molecule has 0 unspecified atom stereocenters. The number of rotatable bonds is 22. The summed E-state index contributed by atoms with van der Waals surface area (Å²) in [5, 5.41) is 3.09. The molecule has 2 aromatic rings. The third kappa shape index (κ3) is 13.4. The molecular formula is C33H55N3O. The number of hydrogen-bond donors (Lipinski definition) is 1. The van der Waals surface area contributed by atoms with Crippen LogP contribution >= 0.6 is 0 Å². The summed E-state index contributed by atoms with van der Waals surface area (Å²) in [7, 11) is 0. The van der Waals surface area contributed by atoms with E-state index in [2.05, 4.69) is 26.1 Å². The smallest absolute Gasteiger partial charge is 0.224 e. The van der Waals surface area contributed by atoms with Crippen molar-refractivity contribution in [3.8, 4) is 0 Å². The number of unbranched alkanes of at least 4 members (excludes halogenated alkanes) is 15. The van der Waals surface area contributed by atoms with Gasteiger partial charge in [0.25, 0.3) is 0 Å². The van der Waals surface area contributed by atoms with Crippen molar-refractivity contribution in [1.82, 2.24) is 9.97 Å². The molecule has 1 amide bonds. The van der Waals surface area contributed by atoms with Crippen LogP contribution in [0.4, 0.5) is 5.69 Å². The Hall–Kier alpha value is -1.97. The van der Waals surface area contributed by atoms with Crippen LogP contribution in [0.15, 0.2) is 18.2 Å². The largest absolute Gasteiger partial charge is 0.326 e. The molecule has 0 radical (unpaired) electrons. The Balaban J connectivity index is 1.74. The molecule has 0 saturated heterocycles. The standard InChI is InChI=1S/C33H55N3O/c1-4-7-10-12-13-14-15-16-17-18-19-21-24-33(37)34-28-25-26-31-32(27-28)36-29(22-9-6-3)30(35-31)23-20-11-8-5-2/h25-27H,4-24H2,1-3H3,(H,34,37). The number of nitrogens with zero attached hydrogens (tertiary/aromatic N) is 2. The quantitative estimate of drug-likeness (QED) is 0.161. The molecule has 0 fully saturated rings. The van der Waals surface area contributed by atoms with Gasteiger partial charge in [0.1, 0.15) is 0 Å². The first kappa shape index (κ1) is 31.2. The maximum absolute atomic E-state index is 12.5. The number of aryl methyl sites for hydroxylation is 2. The summed E-state index contributed by atoms with van der Waals surface area (Å²) in [6.07, 6.45) is 25.6. The number of hydrogen-bond acceptors (Lipinski definition) is 3. The average Bonchev–Trinajstić information content (AvgIpc) is 2.90. The Morgan fingerprint density at radius 1 is 0.595 bits per heavy atom. The lowest BCUT2D eigenvalue weighted by Crippen LogP contribution is -2.11. The first-order valence-electron chi connectivity index (χ1n) is 15.8. The highest BCUT2D eigenvalue weighted by Crippen LogP contribution is 2.21. The van der Waals surface area contributed by atoms with E-state index < -0.39 is 0 Å². The molecule has 1 N–H and O–H groups in total. The van der Waals surface area contributed by atoms with Crippen LogP contribution in [0.3, 0.4) is 0 Å². The van der Waals surface area contributed by atoms with E-state index in [9.17, 15) is 4.79 Å². The van der Waals surface area contributed by atoms with Gasteiger partial charge in [-0.2, -0.15) is 0 Å². The molecule has 2 rings (SSSR count). The zero-order valence-electron chi connectivity index (χ0n) is 24.4. The molecule has 1 heterocycles. The Morgan fingerprint density at radius 2 is 1.08 bits per heavy atom. The number of anilines is 1. The topological polar surface area (TPSA) is 54.9 Å². The van der Waals surface area contributed by atoms with Crippen molar-refractivity contribution in [2.24, 2.45) is 0 Å². The maximum atomic E-state index is 12.5. The molecule has 37 heavy (non-hydrogen) atoms. The fourth-order valence-corrected chi connectivity index (χ4v) is 5.02. The summed E-state index contributed by atoms with van der Waals surface area (Å²) in [5.41, 5.74) is 4.98. The van der Waals surface area contributed by atoms with Crippen LogP contribution in [0.1, 0.15) is 154 Å². The second-order valence-electron chi connectivity index (χ2n) is 10.9. The van der Waals surface area contributed by atoms with Crippen molar-refractivity contribution in [2.75, 3.05) is 5.32 Å². The first-order valence-corrected chi connectivity index (χ1v) is 15.8. The van der Waals surface area contributed by atoms with Crippen LogP contribution in [0.5, 0.6) is 0 Å². The number of benzene rings is 1. The SMILES string of the molecule is CCCCCCCCCCCCCCC(=O)Nc1ccc2nc(CCCCCC)c(CCCC)nc2c1. The molecule has 0 aliphatic carbocycles. The van der Waals surface area contributed by atoms with Gasteiger partial charge in [-0.15, -0.1) is 0 Å². The number of nitrogens with one attached hydrogen (secondary N) is 1. The molecule has 208 valence electrons. The van der Waals surface area contributed by atoms with E-state index in [0.29, 0.717) is 6.42 Å². The van der Waals surface area contributed by atoms with Crippen molar-refractivity contribution in [2.45, 2.75) is 156 Å². The van der Waals surface area contributed by atoms with Crippen molar-refractivity contribution in [1.29, 1.82) is 0 Å². The third-order valence-electron chi connectivity index (χ3n) is 7.39. The molecule has 4 heteroatoms. The Kier molecular flexibility index (Phi) is 16.9. The van der Waals surface area contributed by atoms with Gasteiger partial charge < -0.3 is 5.32 Å². The van der Waals surface area contributed by atoms with Gasteiger partial charge in [-0.25, -0.2) is 9.97 Å². The normalized spacial score (nSPS) is 11.3. The predicted molar refractivity (Wildman–Crippen MR) is 160 cm³/mol. The van der Waals surface area contributed by atoms with Crippen LogP contribution in [0.2, 0.25) is 0 Å². The Labute approximate surface area is 227 Å². The molecule has 1 aromatic heterocycles. The van der Waals surface area contributed by atoms with E-state index in [1.807, 2.05) is 18.2 Å². The minimum absolute atomic E-state index is 0.109. The van der Waals surface area contributed by atoms with Crippen molar-refractivity contribution in [3.05, 3.63) is 29.6 Å². The summed E-state index contributed by atoms with van der Waals surface area (Å²) >= 11 is 0. The van der Waals surface area contributed by atoms with Gasteiger partial charge >= 0.3 is 0 Å². The number of aromatic nitrogens is 2. The van der Waals surface area contributed by atoms with Gasteiger partial charge in [-0.1, -0.05) is 117 Å². The van der Waals surface area contributed by atoms with Crippen LogP contribution in [0.25, 0.3) is 11.0 Å². The van der Waals surface area contributed by atoms with Crippen LogP contribution in [0, 0.1) is 0 Å². The molecule has 0 bridgehead atoms. The highest BCUT2D eigenvalue weighted by Gasteiger charge is 2.10. The Bertz CT molecular complexity index is 879. The highest BCUT2D eigenvalue weighted by molar-refractivity contribution is 5.92. The molecule has 1 aromatic carbocycles. The zero-order valence-corrected chi connectivity index (χ0v) is 24.4. The zero-order chi connectivity index (χ0) is 26.6. The van der Waals surface area contributed by atoms with Gasteiger partial charge in [0.05, 0.1) is 22.4 Å². The monoisotopic (exact) mass is 509 g/mol. The fourth-order valence-electron chi connectivity index (χ4n) is 5.02. The summed E-state index contributed by atoms with van der Waals surface area (Å²) in [5.74, 6) is 0.109. The van der Waals surface area contributed by atoms with E-state index in [1.165, 1.54) is 95.6 Å². The second kappa shape index (κ2) is 20.1. The average molecular weight is 510 g/mol. The van der Waals surface area contributed by atoms with E-state index in [-0.39, 0.29) is 5.91 Å². The van der Waals surface area contributed by atoms with Crippen LogP contribution < -0.4 is 5.32 Å². The molecule has 0 aliphatic heterocycles. The van der Waals surface area contributed by atoms with Gasteiger partial charge in [-0.05, 0) is 50.3 Å². The lowest BCUT2D eigenvalue weighted by molar-refractivity contribution is -0.116. The summed E-state index contributed by atoms with van der Waals surface area (Å²) in [6, 6.07) is 5.99. The highest BCUT2D eigenvalue weighted by atomic mass is 16.1. The Morgan fingerprint density at radius 3 is 1.68 bits per heavy atom. The van der Waals surface area contributed by atoms with Crippen LogP contribution in [-0.4, -0.2) is 15.9 Å². The van der Waals surface area contributed by atoms with Gasteiger partial charge in [-0.3, -0.25) is 4.79 Å². The fraction of sp³-hybridized carbons (Fsp3) is 0.727. The van der Waals surface area contributed by atoms with Gasteiger partial charge in [0, 0.05) is 12.1 Å². The molecular weight excluding hydrogens is 454 g/mol. The molecule has 0 saturated carbocycles. The van der Waals surface area contributed by atoms with Crippen molar-refractivity contribution >= 4 is 22.6 Å². The van der Waals surface area contributed by atoms with Crippen molar-refractivity contribution in [3.63, 3.8) is 0 Å². The van der Waals surface area contributed by atoms with E-state index in [0.717, 1.165) is 60.9 Å². The third-order valence-corrected chi connectivity index (χ3v) is 7.39. The molecule has 0 atom stereocenters. The maximum Gasteiger partial charge on any atom is 0.224 e. The molecule has 0 spiro atoms. The summed E-state index contributed by atoms with van der Waals surface area (Å²) in [6.45, 7) is 6.74. The van der Waals surface area contributed by atoms with Crippen molar-refractivity contribution < 1.29 is 4.79 Å². The lowest BCUT2D eigenvalue weighted by Gasteiger charge is -2.11. The van der Waals surface area contributed by atoms with E-state index in [4.69, 9.17) is 9.97 Å². The minimum atomic E-state index is 0.109. The number of fused-ring (bicyclic) bond motifs is 1. The molecule has 0 aliphatic rings. The summed E-state index contributed by atoms with van der Waals surface area (Å²) in [4.78, 5) is 22.5.